The van der Waals surface area contributed by atoms with Crippen molar-refractivity contribution in [3.05, 3.63) is 0 Å². The molecule has 0 aromatic carbocycles. The monoisotopic (exact) mass is 326 g/mol. The predicted octanol–water partition coefficient (Wildman–Crippen LogP) is 0.521. The number of ether oxygens (including phenoxy) is 2. The molecule has 0 bridgehead atoms. The summed E-state index contributed by atoms with van der Waals surface area (Å²) in [6.45, 7) is 0.657. The van der Waals surface area contributed by atoms with Crippen LogP contribution in [0.15, 0.2) is 0 Å². The molecule has 1 saturated carbocycles. The molecule has 130 valence electrons. The lowest BCUT2D eigenvalue weighted by Gasteiger charge is -2.20. The summed E-state index contributed by atoms with van der Waals surface area (Å²) >= 11 is 0. The van der Waals surface area contributed by atoms with E-state index in [-0.39, 0.29) is 37.0 Å². The molecule has 1 saturated heterocycles. The smallest absolute Gasteiger partial charge is 0.325 e. The maximum absolute atomic E-state index is 11.9. The van der Waals surface area contributed by atoms with E-state index in [9.17, 15) is 14.4 Å². The third kappa shape index (κ3) is 6.56. The highest BCUT2D eigenvalue weighted by Crippen LogP contribution is 2.23. The Kier molecular flexibility index (Phi) is 7.32. The van der Waals surface area contributed by atoms with Crippen LogP contribution in [-0.4, -0.2) is 50.2 Å². The van der Waals surface area contributed by atoms with Crippen LogP contribution in [0.3, 0.4) is 0 Å². The van der Waals surface area contributed by atoms with Crippen molar-refractivity contribution < 1.29 is 23.9 Å². The SMILES string of the molecule is O=C(COC(=O)CNC(=O)C1CCCCC1)NCC1CCCO1. The van der Waals surface area contributed by atoms with Gasteiger partial charge in [-0.05, 0) is 25.7 Å². The van der Waals surface area contributed by atoms with Gasteiger partial charge in [0.1, 0.15) is 6.54 Å². The van der Waals surface area contributed by atoms with Gasteiger partial charge in [-0.2, -0.15) is 0 Å². The van der Waals surface area contributed by atoms with Gasteiger partial charge in [-0.15, -0.1) is 0 Å². The standard InChI is InChI=1S/C16H26N2O5/c19-14(17-9-13-7-4-8-22-13)11-23-15(20)10-18-16(21)12-5-2-1-3-6-12/h12-13H,1-11H2,(H,17,19)(H,18,21). The van der Waals surface area contributed by atoms with Gasteiger partial charge in [0.05, 0.1) is 6.10 Å². The zero-order valence-corrected chi connectivity index (χ0v) is 13.5. The van der Waals surface area contributed by atoms with Gasteiger partial charge in [0.15, 0.2) is 6.61 Å². The van der Waals surface area contributed by atoms with E-state index in [1.54, 1.807) is 0 Å². The van der Waals surface area contributed by atoms with E-state index in [2.05, 4.69) is 10.6 Å². The van der Waals surface area contributed by atoms with Gasteiger partial charge < -0.3 is 20.1 Å². The van der Waals surface area contributed by atoms with Gasteiger partial charge in [0.25, 0.3) is 5.91 Å². The third-order valence-corrected chi connectivity index (χ3v) is 4.30. The number of nitrogens with one attached hydrogen (secondary N) is 2. The molecule has 0 spiro atoms. The summed E-state index contributed by atoms with van der Waals surface area (Å²) < 4.78 is 10.2. The van der Waals surface area contributed by atoms with Crippen molar-refractivity contribution >= 4 is 17.8 Å². The molecule has 2 aliphatic rings. The molecular weight excluding hydrogens is 300 g/mol. The summed E-state index contributed by atoms with van der Waals surface area (Å²) in [5.41, 5.74) is 0. The van der Waals surface area contributed by atoms with Gasteiger partial charge >= 0.3 is 5.97 Å². The Labute approximate surface area is 136 Å². The zero-order chi connectivity index (χ0) is 16.5. The number of carbonyl (C=O) groups is 3. The van der Waals surface area contributed by atoms with Gasteiger partial charge in [-0.1, -0.05) is 19.3 Å². The van der Waals surface area contributed by atoms with Crippen LogP contribution >= 0.6 is 0 Å². The summed E-state index contributed by atoms with van der Waals surface area (Å²) in [6.07, 6.45) is 7.07. The predicted molar refractivity (Wildman–Crippen MR) is 82.5 cm³/mol. The second-order valence-corrected chi connectivity index (χ2v) is 6.15. The number of hydrogen-bond donors (Lipinski definition) is 2. The molecule has 0 aromatic heterocycles. The maximum Gasteiger partial charge on any atom is 0.325 e. The topological polar surface area (TPSA) is 93.7 Å². The van der Waals surface area contributed by atoms with Crippen LogP contribution in [0.25, 0.3) is 0 Å². The van der Waals surface area contributed by atoms with Crippen molar-refractivity contribution in [1.82, 2.24) is 10.6 Å². The van der Waals surface area contributed by atoms with E-state index in [1.165, 1.54) is 6.42 Å². The lowest BCUT2D eigenvalue weighted by Crippen LogP contribution is -2.38. The van der Waals surface area contributed by atoms with E-state index >= 15 is 0 Å². The molecule has 1 heterocycles. The first-order valence-electron chi connectivity index (χ1n) is 8.47. The summed E-state index contributed by atoms with van der Waals surface area (Å²) in [5, 5.41) is 5.26. The average molecular weight is 326 g/mol. The van der Waals surface area contributed by atoms with Crippen LogP contribution in [0.5, 0.6) is 0 Å². The van der Waals surface area contributed by atoms with E-state index in [0.717, 1.165) is 45.1 Å². The molecule has 1 unspecified atom stereocenters. The first-order chi connectivity index (χ1) is 11.1. The fourth-order valence-electron chi connectivity index (χ4n) is 2.95. The molecule has 1 aliphatic heterocycles. The second kappa shape index (κ2) is 9.50. The number of rotatable bonds is 7. The van der Waals surface area contributed by atoms with Gasteiger partial charge in [0.2, 0.25) is 5.91 Å². The molecule has 2 fully saturated rings. The van der Waals surface area contributed by atoms with E-state index in [1.807, 2.05) is 0 Å². The van der Waals surface area contributed by atoms with Gasteiger partial charge in [-0.3, -0.25) is 14.4 Å². The Balaban J connectivity index is 1.53. The Morgan fingerprint density at radius 2 is 1.78 bits per heavy atom. The number of esters is 1. The number of hydrogen-bond acceptors (Lipinski definition) is 5. The molecule has 0 aromatic rings. The minimum absolute atomic E-state index is 0.00580. The lowest BCUT2D eigenvalue weighted by molar-refractivity contribution is -0.148. The fourth-order valence-corrected chi connectivity index (χ4v) is 2.95. The summed E-state index contributed by atoms with van der Waals surface area (Å²) in [5.74, 6) is -1.04. The molecule has 2 N–H and O–H groups in total. The van der Waals surface area contributed by atoms with E-state index in [0.29, 0.717) is 6.54 Å². The van der Waals surface area contributed by atoms with Crippen molar-refractivity contribution in [3.63, 3.8) is 0 Å². The van der Waals surface area contributed by atoms with Crippen LogP contribution < -0.4 is 10.6 Å². The Hall–Kier alpha value is -1.63. The van der Waals surface area contributed by atoms with Gasteiger partial charge in [-0.25, -0.2) is 0 Å². The molecule has 0 radical (unpaired) electrons. The molecule has 2 rings (SSSR count). The normalized spacial score (nSPS) is 21.7. The Morgan fingerprint density at radius 1 is 1.00 bits per heavy atom. The van der Waals surface area contributed by atoms with Crippen LogP contribution in [0, 0.1) is 5.92 Å². The highest BCUT2D eigenvalue weighted by atomic mass is 16.5. The average Bonchev–Trinajstić information content (AvgIpc) is 3.10. The van der Waals surface area contributed by atoms with Crippen LogP contribution in [0.4, 0.5) is 0 Å². The van der Waals surface area contributed by atoms with E-state index in [4.69, 9.17) is 9.47 Å². The van der Waals surface area contributed by atoms with Crippen molar-refractivity contribution in [2.75, 3.05) is 26.3 Å². The van der Waals surface area contributed by atoms with Crippen LogP contribution in [0.2, 0.25) is 0 Å². The fraction of sp³-hybridized carbons (Fsp3) is 0.812. The largest absolute Gasteiger partial charge is 0.454 e. The molecular formula is C16H26N2O5. The first kappa shape index (κ1) is 17.7. The molecule has 7 nitrogen and oxygen atoms in total. The van der Waals surface area contributed by atoms with Crippen LogP contribution in [-0.2, 0) is 23.9 Å². The highest BCUT2D eigenvalue weighted by molar-refractivity contribution is 5.85. The Bertz CT molecular complexity index is 415. The molecule has 23 heavy (non-hydrogen) atoms. The minimum atomic E-state index is -0.596. The zero-order valence-electron chi connectivity index (χ0n) is 13.5. The lowest BCUT2D eigenvalue weighted by atomic mass is 9.89. The molecule has 7 heteroatoms. The first-order valence-corrected chi connectivity index (χ1v) is 8.47. The summed E-state index contributed by atoms with van der Waals surface area (Å²) in [4.78, 5) is 35.0. The third-order valence-electron chi connectivity index (χ3n) is 4.30. The maximum atomic E-state index is 11.9. The molecule has 2 amide bonds. The van der Waals surface area contributed by atoms with Crippen molar-refractivity contribution in [2.45, 2.75) is 51.0 Å². The number of carbonyl (C=O) groups excluding carboxylic acids is 3. The second-order valence-electron chi connectivity index (χ2n) is 6.15. The summed E-state index contributed by atoms with van der Waals surface area (Å²) in [7, 11) is 0. The number of amides is 2. The van der Waals surface area contributed by atoms with Crippen LogP contribution in [0.1, 0.15) is 44.9 Å². The van der Waals surface area contributed by atoms with Crippen molar-refractivity contribution in [3.8, 4) is 0 Å². The highest BCUT2D eigenvalue weighted by Gasteiger charge is 2.21. The van der Waals surface area contributed by atoms with E-state index < -0.39 is 5.97 Å². The summed E-state index contributed by atoms with van der Waals surface area (Å²) in [6, 6.07) is 0. The Morgan fingerprint density at radius 3 is 2.48 bits per heavy atom. The minimum Gasteiger partial charge on any atom is -0.454 e. The van der Waals surface area contributed by atoms with Gasteiger partial charge in [0, 0.05) is 19.1 Å². The molecule has 1 atom stereocenters. The molecule has 1 aliphatic carbocycles. The van der Waals surface area contributed by atoms with Crippen molar-refractivity contribution in [1.29, 1.82) is 0 Å². The van der Waals surface area contributed by atoms with Crippen molar-refractivity contribution in [2.24, 2.45) is 5.92 Å². The quantitative estimate of drug-likeness (QED) is 0.665.